The van der Waals surface area contributed by atoms with E-state index in [1.807, 2.05) is 18.7 Å². The second-order valence-electron chi connectivity index (χ2n) is 4.48. The van der Waals surface area contributed by atoms with Gasteiger partial charge < -0.3 is 20.1 Å². The molecule has 1 rings (SSSR count). The number of nitrogens with two attached hydrogens (primary N) is 1. The highest BCUT2D eigenvalue weighted by molar-refractivity contribution is 14.0. The Morgan fingerprint density at radius 3 is 2.63 bits per heavy atom. The van der Waals surface area contributed by atoms with Crippen molar-refractivity contribution >= 4 is 35.9 Å². The fourth-order valence-electron chi connectivity index (χ4n) is 1.63. The Morgan fingerprint density at radius 2 is 2.05 bits per heavy atom. The lowest BCUT2D eigenvalue weighted by atomic mass is 10.3. The third-order valence-electron chi connectivity index (χ3n) is 2.52. The van der Waals surface area contributed by atoms with Crippen molar-refractivity contribution in [1.82, 2.24) is 4.90 Å². The fourth-order valence-corrected chi connectivity index (χ4v) is 1.63. The predicted molar refractivity (Wildman–Crippen MR) is 84.8 cm³/mol. The Labute approximate surface area is 131 Å². The van der Waals surface area contributed by atoms with Crippen molar-refractivity contribution in [2.45, 2.75) is 32.8 Å². The lowest BCUT2D eigenvalue weighted by Crippen LogP contribution is -2.44. The summed E-state index contributed by atoms with van der Waals surface area (Å²) in [5.74, 6) is 0.362. The standard InChI is InChI=1S/C12H23N3O3.HI/c1-10(2)18-11(16)4-3-5-14-12(13)15-6-8-17-9-7-15;/h10H,3-9H2,1-2H3,(H2,13,14);1H. The molecule has 2 N–H and O–H groups in total. The Hall–Kier alpha value is -0.570. The van der Waals surface area contributed by atoms with Gasteiger partial charge in [-0.05, 0) is 20.3 Å². The van der Waals surface area contributed by atoms with Crippen molar-refractivity contribution < 1.29 is 14.3 Å². The van der Waals surface area contributed by atoms with Gasteiger partial charge in [0.25, 0.3) is 0 Å². The number of guanidine groups is 1. The molecule has 0 aromatic rings. The van der Waals surface area contributed by atoms with E-state index in [4.69, 9.17) is 15.2 Å². The summed E-state index contributed by atoms with van der Waals surface area (Å²) in [5, 5.41) is 0. The van der Waals surface area contributed by atoms with Gasteiger partial charge in [0.2, 0.25) is 0 Å². The summed E-state index contributed by atoms with van der Waals surface area (Å²) >= 11 is 0. The summed E-state index contributed by atoms with van der Waals surface area (Å²) < 4.78 is 10.3. The summed E-state index contributed by atoms with van der Waals surface area (Å²) in [4.78, 5) is 17.5. The number of carbonyl (C=O) groups excluding carboxylic acids is 1. The molecule has 0 amide bonds. The summed E-state index contributed by atoms with van der Waals surface area (Å²) in [5.41, 5.74) is 5.85. The van der Waals surface area contributed by atoms with E-state index < -0.39 is 0 Å². The van der Waals surface area contributed by atoms with E-state index in [1.54, 1.807) is 0 Å². The van der Waals surface area contributed by atoms with Gasteiger partial charge in [0.1, 0.15) is 0 Å². The molecular formula is C12H24IN3O3. The Balaban J connectivity index is 0.00000324. The van der Waals surface area contributed by atoms with Gasteiger partial charge in [0.15, 0.2) is 5.96 Å². The van der Waals surface area contributed by atoms with Crippen molar-refractivity contribution in [3.8, 4) is 0 Å². The maximum absolute atomic E-state index is 11.3. The highest BCUT2D eigenvalue weighted by atomic mass is 127. The van der Waals surface area contributed by atoms with Crippen LogP contribution in [0.2, 0.25) is 0 Å². The first-order chi connectivity index (χ1) is 8.59. The lowest BCUT2D eigenvalue weighted by molar-refractivity contribution is -0.147. The largest absolute Gasteiger partial charge is 0.463 e. The first-order valence-electron chi connectivity index (χ1n) is 6.41. The molecule has 1 aliphatic rings. The van der Waals surface area contributed by atoms with Crippen LogP contribution in [0.1, 0.15) is 26.7 Å². The zero-order chi connectivity index (χ0) is 13.4. The van der Waals surface area contributed by atoms with Gasteiger partial charge >= 0.3 is 5.97 Å². The second-order valence-corrected chi connectivity index (χ2v) is 4.48. The van der Waals surface area contributed by atoms with Gasteiger partial charge in [-0.3, -0.25) is 9.79 Å². The molecule has 6 nitrogen and oxygen atoms in total. The molecule has 1 saturated heterocycles. The van der Waals surface area contributed by atoms with Crippen molar-refractivity contribution in [3.05, 3.63) is 0 Å². The van der Waals surface area contributed by atoms with E-state index in [0.717, 1.165) is 13.1 Å². The van der Waals surface area contributed by atoms with Gasteiger partial charge in [-0.2, -0.15) is 0 Å². The minimum absolute atomic E-state index is 0. The zero-order valence-electron chi connectivity index (χ0n) is 11.6. The van der Waals surface area contributed by atoms with Gasteiger partial charge in [-0.15, -0.1) is 24.0 Å². The molecular weight excluding hydrogens is 361 g/mol. The monoisotopic (exact) mass is 385 g/mol. The van der Waals surface area contributed by atoms with Crippen molar-refractivity contribution in [2.24, 2.45) is 10.7 Å². The number of nitrogens with zero attached hydrogens (tertiary/aromatic N) is 2. The van der Waals surface area contributed by atoms with Crippen molar-refractivity contribution in [2.75, 3.05) is 32.8 Å². The van der Waals surface area contributed by atoms with E-state index in [2.05, 4.69) is 4.99 Å². The first-order valence-corrected chi connectivity index (χ1v) is 6.41. The Kier molecular flexibility index (Phi) is 9.94. The SMILES string of the molecule is CC(C)OC(=O)CCCN=C(N)N1CCOCC1.I. The van der Waals surface area contributed by atoms with Crippen LogP contribution in [0.3, 0.4) is 0 Å². The maximum Gasteiger partial charge on any atom is 0.306 e. The van der Waals surface area contributed by atoms with E-state index in [1.165, 1.54) is 0 Å². The maximum atomic E-state index is 11.3. The van der Waals surface area contributed by atoms with Gasteiger partial charge in [-0.1, -0.05) is 0 Å². The highest BCUT2D eigenvalue weighted by Gasteiger charge is 2.11. The summed E-state index contributed by atoms with van der Waals surface area (Å²) in [6.07, 6.45) is 0.994. The van der Waals surface area contributed by atoms with Crippen LogP contribution in [0, 0.1) is 0 Å². The van der Waals surface area contributed by atoms with Crippen LogP contribution in [0.5, 0.6) is 0 Å². The fraction of sp³-hybridized carbons (Fsp3) is 0.833. The molecule has 19 heavy (non-hydrogen) atoms. The van der Waals surface area contributed by atoms with E-state index in [-0.39, 0.29) is 36.0 Å². The number of hydrogen-bond donors (Lipinski definition) is 1. The zero-order valence-corrected chi connectivity index (χ0v) is 14.0. The molecule has 0 aliphatic carbocycles. The number of rotatable bonds is 5. The topological polar surface area (TPSA) is 77.1 Å². The molecule has 0 aromatic heterocycles. The number of ether oxygens (including phenoxy) is 2. The molecule has 0 unspecified atom stereocenters. The molecule has 0 bridgehead atoms. The third kappa shape index (κ3) is 8.25. The van der Waals surface area contributed by atoms with Crippen molar-refractivity contribution in [1.29, 1.82) is 0 Å². The Morgan fingerprint density at radius 1 is 1.42 bits per heavy atom. The van der Waals surface area contributed by atoms with Crippen LogP contribution in [0.15, 0.2) is 4.99 Å². The highest BCUT2D eigenvalue weighted by Crippen LogP contribution is 1.99. The number of aliphatic imine (C=N–C) groups is 1. The molecule has 1 heterocycles. The summed E-state index contributed by atoms with van der Waals surface area (Å²) in [7, 11) is 0. The first kappa shape index (κ1) is 18.4. The van der Waals surface area contributed by atoms with Crippen LogP contribution in [0.4, 0.5) is 0 Å². The van der Waals surface area contributed by atoms with Crippen molar-refractivity contribution in [3.63, 3.8) is 0 Å². The average molecular weight is 385 g/mol. The average Bonchev–Trinajstić information content (AvgIpc) is 2.34. The van der Waals surface area contributed by atoms with Gasteiger partial charge in [-0.25, -0.2) is 0 Å². The molecule has 0 saturated carbocycles. The van der Waals surface area contributed by atoms with Gasteiger partial charge in [0, 0.05) is 26.1 Å². The third-order valence-corrected chi connectivity index (χ3v) is 2.52. The van der Waals surface area contributed by atoms with Crippen LogP contribution < -0.4 is 5.73 Å². The normalized spacial score (nSPS) is 16.2. The molecule has 1 aliphatic heterocycles. The van der Waals surface area contributed by atoms with E-state index in [9.17, 15) is 4.79 Å². The van der Waals surface area contributed by atoms with Crippen LogP contribution in [0.25, 0.3) is 0 Å². The molecule has 7 heteroatoms. The van der Waals surface area contributed by atoms with E-state index >= 15 is 0 Å². The number of halogens is 1. The number of morpholine rings is 1. The summed E-state index contributed by atoms with van der Waals surface area (Å²) in [6, 6.07) is 0. The second kappa shape index (κ2) is 10.2. The van der Waals surface area contributed by atoms with Crippen LogP contribution in [-0.4, -0.2) is 55.8 Å². The predicted octanol–water partition coefficient (Wildman–Crippen LogP) is 0.983. The molecule has 0 radical (unpaired) electrons. The van der Waals surface area contributed by atoms with Gasteiger partial charge in [0.05, 0.1) is 19.3 Å². The minimum atomic E-state index is -0.176. The summed E-state index contributed by atoms with van der Waals surface area (Å²) in [6.45, 7) is 7.18. The quantitative estimate of drug-likeness (QED) is 0.251. The Bertz CT molecular complexity index is 292. The molecule has 0 spiro atoms. The molecule has 1 fully saturated rings. The minimum Gasteiger partial charge on any atom is -0.463 e. The molecule has 0 atom stereocenters. The van der Waals surface area contributed by atoms with E-state index in [0.29, 0.717) is 38.6 Å². The smallest absolute Gasteiger partial charge is 0.306 e. The molecule has 112 valence electrons. The van der Waals surface area contributed by atoms with Crippen LogP contribution in [-0.2, 0) is 14.3 Å². The van der Waals surface area contributed by atoms with Crippen LogP contribution >= 0.6 is 24.0 Å². The lowest BCUT2D eigenvalue weighted by Gasteiger charge is -2.27. The number of hydrogen-bond acceptors (Lipinski definition) is 4. The molecule has 0 aromatic carbocycles. The number of carbonyl (C=O) groups is 1. The number of esters is 1.